The van der Waals surface area contributed by atoms with Gasteiger partial charge in [0.2, 0.25) is 0 Å². The van der Waals surface area contributed by atoms with Gasteiger partial charge in [0.15, 0.2) is 0 Å². The van der Waals surface area contributed by atoms with Crippen LogP contribution in [0.2, 0.25) is 0 Å². The maximum Gasteiger partial charge on any atom is 0.373 e. The zero-order valence-corrected chi connectivity index (χ0v) is 21.4. The van der Waals surface area contributed by atoms with E-state index in [-0.39, 0.29) is 30.7 Å². The Morgan fingerprint density at radius 1 is 0.900 bits per heavy atom. The minimum absolute atomic E-state index is 0.206. The molecule has 0 aliphatic rings. The number of urea groups is 1. The molecule has 0 saturated carbocycles. The summed E-state index contributed by atoms with van der Waals surface area (Å²) in [5.74, 6) is -2.98. The average Bonchev–Trinajstić information content (AvgIpc) is 2.92. The van der Waals surface area contributed by atoms with E-state index < -0.39 is 24.0 Å². The van der Waals surface area contributed by atoms with Crippen molar-refractivity contribution in [1.29, 1.82) is 0 Å². The number of rotatable bonds is 15. The summed E-state index contributed by atoms with van der Waals surface area (Å²) in [4.78, 5) is 62.0. The van der Waals surface area contributed by atoms with Crippen molar-refractivity contribution >= 4 is 41.9 Å². The monoisotopic (exact) mass is 558 g/mol. The van der Waals surface area contributed by atoms with E-state index in [1.807, 2.05) is 0 Å². The highest BCUT2D eigenvalue weighted by atomic mass is 18.2. The minimum atomic E-state index is -1.30. The highest BCUT2D eigenvalue weighted by molar-refractivity contribution is 5.94. The second kappa shape index (κ2) is 19.0. The molecular weight excluding hydrogens is 528 g/mol. The van der Waals surface area contributed by atoms with Gasteiger partial charge in [0.25, 0.3) is 5.91 Å². The fourth-order valence-electron chi connectivity index (χ4n) is 3.09. The van der Waals surface area contributed by atoms with Gasteiger partial charge in [0, 0.05) is 25.1 Å². The molecule has 14 heteroatoms. The normalized spacial score (nSPS) is 10.8. The molecule has 13 nitrogen and oxygen atoms in total. The third-order valence-electron chi connectivity index (χ3n) is 5.10. The molecule has 0 spiro atoms. The number of hydrogen-bond acceptors (Lipinski definition) is 8. The Labute approximate surface area is 228 Å². The van der Waals surface area contributed by atoms with Crippen molar-refractivity contribution in [1.82, 2.24) is 16.0 Å². The van der Waals surface area contributed by atoms with Crippen molar-refractivity contribution in [2.24, 2.45) is 5.10 Å². The summed E-state index contributed by atoms with van der Waals surface area (Å²) >= 11 is 0. The van der Waals surface area contributed by atoms with Crippen LogP contribution in [0.25, 0.3) is 0 Å². The van der Waals surface area contributed by atoms with Crippen molar-refractivity contribution in [3.05, 3.63) is 65.5 Å². The molecule has 0 aliphatic carbocycles. The zero-order chi connectivity index (χ0) is 29.8. The lowest BCUT2D eigenvalue weighted by atomic mass is 10.1. The van der Waals surface area contributed by atoms with E-state index in [0.717, 1.165) is 12.0 Å². The Morgan fingerprint density at radius 3 is 2.08 bits per heavy atom. The number of carboxylic acids is 2. The van der Waals surface area contributed by atoms with Gasteiger partial charge in [0.05, 0.1) is 11.9 Å². The topological polar surface area (TPSA) is 203 Å². The first kappa shape index (κ1) is 32.9. The quantitative estimate of drug-likeness (QED) is 0.108. The maximum atomic E-state index is 12.9. The van der Waals surface area contributed by atoms with Gasteiger partial charge in [-0.2, -0.15) is 14.7 Å². The molecule has 0 bridgehead atoms. The molecular formula is C26H30FN5O8. The van der Waals surface area contributed by atoms with Crippen LogP contribution in [0.3, 0.4) is 0 Å². The van der Waals surface area contributed by atoms with Crippen molar-refractivity contribution in [2.45, 2.75) is 38.1 Å². The molecule has 2 rings (SSSR count). The number of carbonyl (C=O) groups excluding carboxylic acids is 4. The molecule has 0 saturated heterocycles. The number of carboxylic acid groups (broad SMARTS) is 2. The predicted octanol–water partition coefficient (Wildman–Crippen LogP) is 2.21. The van der Waals surface area contributed by atoms with E-state index in [9.17, 15) is 23.6 Å². The number of hydrogen-bond donors (Lipinski definition) is 6. The summed E-state index contributed by atoms with van der Waals surface area (Å²) in [5, 5.41) is 29.3. The van der Waals surface area contributed by atoms with E-state index >= 15 is 0 Å². The Kier molecular flexibility index (Phi) is 15.7. The largest absolute Gasteiger partial charge is 0.481 e. The van der Waals surface area contributed by atoms with Gasteiger partial charge in [0.1, 0.15) is 11.9 Å². The van der Waals surface area contributed by atoms with Gasteiger partial charge in [-0.15, -0.1) is 0 Å². The summed E-state index contributed by atoms with van der Waals surface area (Å²) in [6, 6.07) is 10.7. The van der Waals surface area contributed by atoms with Crippen LogP contribution in [0.15, 0.2) is 53.6 Å². The third kappa shape index (κ3) is 14.6. The maximum absolute atomic E-state index is 12.9. The number of hydrazone groups is 1. The summed E-state index contributed by atoms with van der Waals surface area (Å²) in [7, 11) is 0. The zero-order valence-electron chi connectivity index (χ0n) is 21.4. The lowest BCUT2D eigenvalue weighted by molar-refractivity contribution is -0.191. The predicted molar refractivity (Wildman–Crippen MR) is 140 cm³/mol. The van der Waals surface area contributed by atoms with Gasteiger partial charge in [-0.3, -0.25) is 15.0 Å². The molecule has 2 aromatic rings. The Morgan fingerprint density at radius 2 is 1.50 bits per heavy atom. The van der Waals surface area contributed by atoms with Crippen molar-refractivity contribution in [3.63, 3.8) is 0 Å². The molecule has 0 aromatic heterocycles. The summed E-state index contributed by atoms with van der Waals surface area (Å²) in [6.07, 6.45) is 3.26. The molecule has 6 N–H and O–H groups in total. The highest BCUT2D eigenvalue weighted by Crippen LogP contribution is 2.10. The van der Waals surface area contributed by atoms with Gasteiger partial charge in [-0.05, 0) is 67.6 Å². The molecule has 2 aromatic carbocycles. The standard InChI is InChI=1S/C25H30FN5O6.CO2/c26-19-8-4-17(5-9-19)16-29-31-20-10-6-18(7-11-20)23(34)27-14-2-1-3-15-28-25(37)30-21(24(35)36)12-13-22(32)33;2-1-3/h4-11,16,21,31H,1-3,12-15H2,(H,27,34)(H,32,33)(H,35,36)(H2,28,30,37);/b29-16+;/i26-1;. The van der Waals surface area contributed by atoms with Crippen LogP contribution in [-0.2, 0) is 19.2 Å². The van der Waals surface area contributed by atoms with E-state index in [1.165, 1.54) is 12.1 Å². The number of unbranched alkanes of at least 4 members (excludes halogenated alkanes) is 2. The highest BCUT2D eigenvalue weighted by Gasteiger charge is 2.20. The summed E-state index contributed by atoms with van der Waals surface area (Å²) < 4.78 is 12.9. The van der Waals surface area contributed by atoms with Gasteiger partial charge in [-0.25, -0.2) is 14.0 Å². The number of carbonyl (C=O) groups is 4. The van der Waals surface area contributed by atoms with Crippen LogP contribution < -0.4 is 21.4 Å². The van der Waals surface area contributed by atoms with Crippen LogP contribution >= 0.6 is 0 Å². The number of benzene rings is 2. The Hall–Kier alpha value is -5.10. The number of nitrogens with one attached hydrogen (secondary N) is 4. The van der Waals surface area contributed by atoms with Crippen LogP contribution in [0.5, 0.6) is 0 Å². The van der Waals surface area contributed by atoms with Crippen molar-refractivity contribution in [2.75, 3.05) is 18.5 Å². The fraction of sp³-hybridized carbons (Fsp3) is 0.308. The number of halogens is 1. The van der Waals surface area contributed by atoms with Crippen LogP contribution in [-0.4, -0.2) is 65.6 Å². The van der Waals surface area contributed by atoms with Gasteiger partial charge >= 0.3 is 24.1 Å². The van der Waals surface area contributed by atoms with Gasteiger partial charge < -0.3 is 26.2 Å². The SMILES string of the molecule is O=C(O)CCC(NC(=O)NCCCCCNC(=O)c1ccc(N/N=C/c2ccc([18F])cc2)cc1)C(=O)O.O=C=O. The minimum Gasteiger partial charge on any atom is -0.481 e. The molecule has 1 unspecified atom stereocenters. The molecule has 0 fully saturated rings. The van der Waals surface area contributed by atoms with E-state index in [2.05, 4.69) is 26.5 Å². The Bertz CT molecular complexity index is 1170. The first-order valence-corrected chi connectivity index (χ1v) is 12.1. The van der Waals surface area contributed by atoms with Crippen LogP contribution in [0, 0.1) is 5.82 Å². The van der Waals surface area contributed by atoms with Crippen LogP contribution in [0.1, 0.15) is 48.0 Å². The average molecular weight is 559 g/mol. The molecule has 0 aliphatic heterocycles. The number of nitrogens with zero attached hydrogens (tertiary/aromatic N) is 1. The fourth-order valence-corrected chi connectivity index (χ4v) is 3.09. The van der Waals surface area contributed by atoms with E-state index in [4.69, 9.17) is 19.8 Å². The summed E-state index contributed by atoms with van der Waals surface area (Å²) in [5.41, 5.74) is 4.75. The van der Waals surface area contributed by atoms with E-state index in [1.54, 1.807) is 42.6 Å². The molecule has 40 heavy (non-hydrogen) atoms. The lowest BCUT2D eigenvalue weighted by Crippen LogP contribution is -2.46. The lowest BCUT2D eigenvalue weighted by Gasteiger charge is -2.14. The first-order valence-electron chi connectivity index (χ1n) is 12.1. The second-order valence-electron chi connectivity index (χ2n) is 8.12. The van der Waals surface area contributed by atoms with Crippen molar-refractivity contribution < 1.29 is 43.4 Å². The number of aliphatic carboxylic acids is 2. The molecule has 0 heterocycles. The van der Waals surface area contributed by atoms with Crippen molar-refractivity contribution in [3.8, 4) is 0 Å². The molecule has 1 atom stereocenters. The Balaban J connectivity index is 0.00000254. The molecule has 3 amide bonds. The summed E-state index contributed by atoms with van der Waals surface area (Å²) in [6.45, 7) is 0.756. The first-order chi connectivity index (χ1) is 19.2. The smallest absolute Gasteiger partial charge is 0.373 e. The third-order valence-corrected chi connectivity index (χ3v) is 5.10. The van der Waals surface area contributed by atoms with Crippen LogP contribution in [0.4, 0.5) is 14.9 Å². The molecule has 0 radical (unpaired) electrons. The number of amides is 3. The second-order valence-corrected chi connectivity index (χ2v) is 8.12. The van der Waals surface area contributed by atoms with E-state index in [0.29, 0.717) is 37.2 Å². The van der Waals surface area contributed by atoms with Gasteiger partial charge in [-0.1, -0.05) is 12.1 Å². The number of anilines is 1. The molecule has 214 valence electrons.